The number of hydrogen-bond donors (Lipinski definition) is 1. The quantitative estimate of drug-likeness (QED) is 0.537. The summed E-state index contributed by atoms with van der Waals surface area (Å²) < 4.78 is 0. The standard InChI is InChI=1S/C9H18N2S/c1-7(6-12-3)11(2)9(10)8-4-5-8/h7-8,10H,4-6H2,1-3H3. The van der Waals surface area contributed by atoms with Crippen LogP contribution in [0.1, 0.15) is 19.8 Å². The van der Waals surface area contributed by atoms with E-state index in [0.717, 1.165) is 11.6 Å². The Morgan fingerprint density at radius 3 is 2.67 bits per heavy atom. The first kappa shape index (κ1) is 9.90. The van der Waals surface area contributed by atoms with Crippen LogP contribution in [0.25, 0.3) is 0 Å². The number of nitrogens with zero attached hydrogens (tertiary/aromatic N) is 1. The summed E-state index contributed by atoms with van der Waals surface area (Å²) in [6, 6.07) is 0.507. The molecule has 0 amide bonds. The molecule has 0 bridgehead atoms. The predicted octanol–water partition coefficient (Wildman–Crippen LogP) is 2.06. The van der Waals surface area contributed by atoms with Gasteiger partial charge in [0.2, 0.25) is 0 Å². The van der Waals surface area contributed by atoms with Crippen LogP contribution in [0, 0.1) is 11.3 Å². The Kier molecular flexibility index (Phi) is 3.44. The van der Waals surface area contributed by atoms with Crippen molar-refractivity contribution in [1.82, 2.24) is 4.90 Å². The van der Waals surface area contributed by atoms with E-state index >= 15 is 0 Å². The zero-order valence-corrected chi connectivity index (χ0v) is 8.95. The SMILES string of the molecule is CSCC(C)N(C)C(=N)C1CC1. The van der Waals surface area contributed by atoms with Crippen molar-refractivity contribution in [1.29, 1.82) is 5.41 Å². The smallest absolute Gasteiger partial charge is 0.0989 e. The van der Waals surface area contributed by atoms with Crippen molar-refractivity contribution in [3.05, 3.63) is 0 Å². The summed E-state index contributed by atoms with van der Waals surface area (Å²) in [5.74, 6) is 2.54. The molecule has 2 nitrogen and oxygen atoms in total. The first-order valence-electron chi connectivity index (χ1n) is 4.47. The van der Waals surface area contributed by atoms with Gasteiger partial charge in [-0.2, -0.15) is 11.8 Å². The van der Waals surface area contributed by atoms with Crippen LogP contribution >= 0.6 is 11.8 Å². The Balaban J connectivity index is 2.33. The van der Waals surface area contributed by atoms with Crippen molar-refractivity contribution in [3.63, 3.8) is 0 Å². The molecule has 3 heteroatoms. The molecule has 1 aliphatic rings. The molecule has 0 aliphatic heterocycles. The minimum atomic E-state index is 0.507. The Morgan fingerprint density at radius 1 is 1.67 bits per heavy atom. The van der Waals surface area contributed by atoms with Gasteiger partial charge in [0.15, 0.2) is 0 Å². The summed E-state index contributed by atoms with van der Waals surface area (Å²) >= 11 is 1.85. The molecule has 12 heavy (non-hydrogen) atoms. The Labute approximate surface area is 79.2 Å². The summed E-state index contributed by atoms with van der Waals surface area (Å²) in [6.45, 7) is 2.19. The fourth-order valence-corrected chi connectivity index (χ4v) is 1.94. The van der Waals surface area contributed by atoms with Gasteiger partial charge < -0.3 is 4.90 Å². The predicted molar refractivity (Wildman–Crippen MR) is 56.1 cm³/mol. The molecular weight excluding hydrogens is 168 g/mol. The molecule has 0 saturated heterocycles. The van der Waals surface area contributed by atoms with E-state index in [0.29, 0.717) is 12.0 Å². The highest BCUT2D eigenvalue weighted by molar-refractivity contribution is 7.98. The largest absolute Gasteiger partial charge is 0.360 e. The molecule has 0 heterocycles. The van der Waals surface area contributed by atoms with Crippen LogP contribution in [0.5, 0.6) is 0 Å². The van der Waals surface area contributed by atoms with Crippen molar-refractivity contribution >= 4 is 17.6 Å². The molecular formula is C9H18N2S. The number of rotatable bonds is 4. The zero-order chi connectivity index (χ0) is 9.14. The van der Waals surface area contributed by atoms with Crippen molar-refractivity contribution in [2.24, 2.45) is 5.92 Å². The fraction of sp³-hybridized carbons (Fsp3) is 0.889. The van der Waals surface area contributed by atoms with Gasteiger partial charge in [-0.25, -0.2) is 0 Å². The lowest BCUT2D eigenvalue weighted by Crippen LogP contribution is -2.37. The maximum absolute atomic E-state index is 7.84. The van der Waals surface area contributed by atoms with Crippen LogP contribution in [0.3, 0.4) is 0 Å². The number of hydrogen-bond acceptors (Lipinski definition) is 2. The van der Waals surface area contributed by atoms with E-state index in [1.165, 1.54) is 12.8 Å². The molecule has 1 fully saturated rings. The van der Waals surface area contributed by atoms with Crippen molar-refractivity contribution < 1.29 is 0 Å². The molecule has 1 N–H and O–H groups in total. The van der Waals surface area contributed by atoms with Crippen molar-refractivity contribution in [2.45, 2.75) is 25.8 Å². The minimum Gasteiger partial charge on any atom is -0.360 e. The van der Waals surface area contributed by atoms with E-state index in [-0.39, 0.29) is 0 Å². The van der Waals surface area contributed by atoms with Crippen LogP contribution in [-0.4, -0.2) is 35.8 Å². The van der Waals surface area contributed by atoms with Gasteiger partial charge >= 0.3 is 0 Å². The second kappa shape index (κ2) is 4.17. The highest BCUT2D eigenvalue weighted by atomic mass is 32.2. The molecule has 0 aromatic rings. The van der Waals surface area contributed by atoms with Gasteiger partial charge in [-0.15, -0.1) is 0 Å². The summed E-state index contributed by atoms with van der Waals surface area (Å²) in [4.78, 5) is 2.12. The Bertz CT molecular complexity index is 166. The minimum absolute atomic E-state index is 0.507. The molecule has 1 aliphatic carbocycles. The lowest BCUT2D eigenvalue weighted by atomic mass is 10.3. The third kappa shape index (κ3) is 2.41. The third-order valence-electron chi connectivity index (χ3n) is 2.41. The first-order valence-corrected chi connectivity index (χ1v) is 5.86. The van der Waals surface area contributed by atoms with E-state index in [4.69, 9.17) is 5.41 Å². The molecule has 0 aromatic heterocycles. The highest BCUT2D eigenvalue weighted by Gasteiger charge is 2.29. The lowest BCUT2D eigenvalue weighted by Gasteiger charge is -2.26. The van der Waals surface area contributed by atoms with Gasteiger partial charge in [0.25, 0.3) is 0 Å². The monoisotopic (exact) mass is 186 g/mol. The maximum atomic E-state index is 7.84. The van der Waals surface area contributed by atoms with E-state index in [9.17, 15) is 0 Å². The van der Waals surface area contributed by atoms with E-state index in [1.54, 1.807) is 0 Å². The van der Waals surface area contributed by atoms with Gasteiger partial charge in [0.05, 0.1) is 5.84 Å². The lowest BCUT2D eigenvalue weighted by molar-refractivity contribution is 0.409. The molecule has 1 saturated carbocycles. The van der Waals surface area contributed by atoms with Gasteiger partial charge in [-0.3, -0.25) is 5.41 Å². The summed E-state index contributed by atoms with van der Waals surface area (Å²) in [7, 11) is 2.04. The van der Waals surface area contributed by atoms with Gasteiger partial charge in [-0.1, -0.05) is 0 Å². The molecule has 0 radical (unpaired) electrons. The van der Waals surface area contributed by atoms with Crippen LogP contribution in [0.4, 0.5) is 0 Å². The molecule has 1 atom stereocenters. The highest BCUT2D eigenvalue weighted by Crippen LogP contribution is 2.31. The van der Waals surface area contributed by atoms with Gasteiger partial charge in [0, 0.05) is 24.8 Å². The van der Waals surface area contributed by atoms with Gasteiger partial charge in [-0.05, 0) is 26.0 Å². The summed E-state index contributed by atoms with van der Waals surface area (Å²) in [5.41, 5.74) is 0. The molecule has 1 unspecified atom stereocenters. The van der Waals surface area contributed by atoms with Crippen LogP contribution in [0.15, 0.2) is 0 Å². The zero-order valence-electron chi connectivity index (χ0n) is 8.13. The second-order valence-corrected chi connectivity index (χ2v) is 4.49. The van der Waals surface area contributed by atoms with E-state index in [1.807, 2.05) is 18.8 Å². The van der Waals surface area contributed by atoms with Crippen LogP contribution < -0.4 is 0 Å². The first-order chi connectivity index (χ1) is 5.66. The Morgan fingerprint density at radius 2 is 2.25 bits per heavy atom. The summed E-state index contributed by atoms with van der Waals surface area (Å²) in [6.07, 6.45) is 4.58. The van der Waals surface area contributed by atoms with Gasteiger partial charge in [0.1, 0.15) is 0 Å². The number of thioether (sulfide) groups is 1. The fourth-order valence-electron chi connectivity index (χ4n) is 1.24. The topological polar surface area (TPSA) is 27.1 Å². The van der Waals surface area contributed by atoms with E-state index in [2.05, 4.69) is 18.1 Å². The molecule has 0 spiro atoms. The third-order valence-corrected chi connectivity index (χ3v) is 3.23. The normalized spacial score (nSPS) is 18.9. The summed E-state index contributed by atoms with van der Waals surface area (Å²) in [5, 5.41) is 7.84. The van der Waals surface area contributed by atoms with Crippen LogP contribution in [0.2, 0.25) is 0 Å². The molecule has 0 aromatic carbocycles. The van der Waals surface area contributed by atoms with Crippen LogP contribution in [-0.2, 0) is 0 Å². The average molecular weight is 186 g/mol. The maximum Gasteiger partial charge on any atom is 0.0989 e. The number of amidine groups is 1. The number of nitrogens with one attached hydrogen (secondary N) is 1. The molecule has 1 rings (SSSR count). The second-order valence-electron chi connectivity index (χ2n) is 3.57. The molecule has 70 valence electrons. The van der Waals surface area contributed by atoms with Crippen molar-refractivity contribution in [3.8, 4) is 0 Å². The van der Waals surface area contributed by atoms with Crippen molar-refractivity contribution in [2.75, 3.05) is 19.1 Å². The Hall–Kier alpha value is -0.180. The average Bonchev–Trinajstić information content (AvgIpc) is 2.84. The van der Waals surface area contributed by atoms with E-state index < -0.39 is 0 Å².